The Morgan fingerprint density at radius 1 is 1.19 bits per heavy atom. The molecule has 0 aliphatic rings. The number of nitrogens with zero attached hydrogens (tertiary/aromatic N) is 2. The van der Waals surface area contributed by atoms with Gasteiger partial charge in [-0.25, -0.2) is 14.4 Å². The summed E-state index contributed by atoms with van der Waals surface area (Å²) < 4.78 is 25.9. The smallest absolute Gasteiger partial charge is 0.257 e. The number of anilines is 2. The summed E-state index contributed by atoms with van der Waals surface area (Å²) in [7, 11) is 0. The van der Waals surface area contributed by atoms with Gasteiger partial charge >= 0.3 is 0 Å². The number of nitrogen functional groups attached to an aromatic ring is 1. The van der Waals surface area contributed by atoms with Gasteiger partial charge in [-0.15, -0.1) is 11.3 Å². The number of benzene rings is 2. The molecule has 5 rings (SSSR count). The van der Waals surface area contributed by atoms with Crippen molar-refractivity contribution in [2.24, 2.45) is 0 Å². The first kappa shape index (κ1) is 24.1. The van der Waals surface area contributed by atoms with E-state index in [1.165, 1.54) is 23.5 Å². The first-order chi connectivity index (χ1) is 17.3. The number of ether oxygens (including phenoxy) is 1. The number of carbonyl (C=O) groups excluding carboxylic acids is 1. The SMILES string of the molecule is CC(Oc1c(N)ncc2c(-c3ccc(C(=O)Nc4nccs4)cc3)coc12)c1c(Cl)ccc(F)c1Cl. The standard InChI is InChI=1S/C25H17Cl2FN4O3S/c1-12(19-17(26)6-7-18(28)20(19)27)35-22-21-15(10-31-23(22)29)16(11-34-21)13-2-4-14(5-3-13)24(33)32-25-30-8-9-36-25/h2-12H,1H3,(H2,29,31)(H,30,32,33). The molecule has 3 aromatic heterocycles. The molecular formula is C25H17Cl2FN4O3S. The van der Waals surface area contributed by atoms with Crippen molar-refractivity contribution in [3.05, 3.63) is 87.4 Å². The molecular weight excluding hydrogens is 526 g/mol. The summed E-state index contributed by atoms with van der Waals surface area (Å²) in [6.45, 7) is 1.67. The molecule has 3 heterocycles. The number of aromatic nitrogens is 2. The zero-order valence-electron chi connectivity index (χ0n) is 18.6. The Kier molecular flexibility index (Phi) is 6.53. The molecule has 36 heavy (non-hydrogen) atoms. The van der Waals surface area contributed by atoms with Crippen LogP contribution in [0, 0.1) is 5.82 Å². The maximum atomic E-state index is 14.0. The molecule has 1 unspecified atom stereocenters. The molecule has 7 nitrogen and oxygen atoms in total. The number of furan rings is 1. The highest BCUT2D eigenvalue weighted by Crippen LogP contribution is 2.41. The van der Waals surface area contributed by atoms with Gasteiger partial charge in [0.2, 0.25) is 5.75 Å². The second-order valence-corrected chi connectivity index (χ2v) is 9.43. The highest BCUT2D eigenvalue weighted by Gasteiger charge is 2.23. The third-order valence-electron chi connectivity index (χ3n) is 5.49. The number of nitrogens with two attached hydrogens (primary N) is 1. The second kappa shape index (κ2) is 9.77. The molecule has 0 aliphatic carbocycles. The van der Waals surface area contributed by atoms with Gasteiger partial charge in [0.15, 0.2) is 16.5 Å². The lowest BCUT2D eigenvalue weighted by molar-refractivity contribution is 0.102. The molecule has 2 aromatic carbocycles. The minimum absolute atomic E-state index is 0.0908. The largest absolute Gasteiger partial charge is 0.478 e. The van der Waals surface area contributed by atoms with Crippen LogP contribution in [0.25, 0.3) is 22.1 Å². The minimum Gasteiger partial charge on any atom is -0.478 e. The van der Waals surface area contributed by atoms with Crippen LogP contribution in [-0.2, 0) is 0 Å². The van der Waals surface area contributed by atoms with Gasteiger partial charge in [0, 0.05) is 39.5 Å². The van der Waals surface area contributed by atoms with Crippen LogP contribution in [0.15, 0.2) is 64.9 Å². The Morgan fingerprint density at radius 3 is 2.69 bits per heavy atom. The van der Waals surface area contributed by atoms with Gasteiger partial charge < -0.3 is 14.9 Å². The van der Waals surface area contributed by atoms with Crippen LogP contribution in [0.3, 0.4) is 0 Å². The van der Waals surface area contributed by atoms with Crippen molar-refractivity contribution in [3.8, 4) is 16.9 Å². The van der Waals surface area contributed by atoms with Gasteiger partial charge in [-0.05, 0) is 36.8 Å². The number of rotatable bonds is 6. The molecule has 5 aromatic rings. The zero-order chi connectivity index (χ0) is 25.4. The minimum atomic E-state index is -0.750. The Labute approximate surface area is 218 Å². The van der Waals surface area contributed by atoms with E-state index in [9.17, 15) is 9.18 Å². The highest BCUT2D eigenvalue weighted by atomic mass is 35.5. The van der Waals surface area contributed by atoms with Crippen molar-refractivity contribution in [1.82, 2.24) is 9.97 Å². The number of thiazole rings is 1. The number of fused-ring (bicyclic) bond motifs is 1. The lowest BCUT2D eigenvalue weighted by Crippen LogP contribution is -2.11. The maximum Gasteiger partial charge on any atom is 0.257 e. The molecule has 11 heteroatoms. The van der Waals surface area contributed by atoms with E-state index < -0.39 is 11.9 Å². The van der Waals surface area contributed by atoms with Crippen LogP contribution in [0.1, 0.15) is 28.9 Å². The summed E-state index contributed by atoms with van der Waals surface area (Å²) in [6.07, 6.45) is 4.00. The normalized spacial score (nSPS) is 12.0. The number of carbonyl (C=O) groups is 1. The summed E-state index contributed by atoms with van der Waals surface area (Å²) >= 11 is 13.7. The summed E-state index contributed by atoms with van der Waals surface area (Å²) in [5.74, 6) is -0.600. The van der Waals surface area contributed by atoms with Crippen molar-refractivity contribution in [2.45, 2.75) is 13.0 Å². The number of hydrogen-bond donors (Lipinski definition) is 2. The number of halogens is 3. The predicted octanol–water partition coefficient (Wildman–Crippen LogP) is 7.37. The maximum absolute atomic E-state index is 14.0. The van der Waals surface area contributed by atoms with Crippen LogP contribution in [0.4, 0.5) is 15.3 Å². The molecule has 0 bridgehead atoms. The fourth-order valence-electron chi connectivity index (χ4n) is 3.72. The highest BCUT2D eigenvalue weighted by molar-refractivity contribution is 7.13. The Balaban J connectivity index is 1.45. The van der Waals surface area contributed by atoms with Gasteiger partial charge in [-0.1, -0.05) is 35.3 Å². The van der Waals surface area contributed by atoms with E-state index in [1.54, 1.807) is 55.2 Å². The van der Waals surface area contributed by atoms with E-state index in [2.05, 4.69) is 15.3 Å². The Bertz CT molecular complexity index is 1570. The Hall–Kier alpha value is -3.66. The van der Waals surface area contributed by atoms with Crippen LogP contribution in [0.2, 0.25) is 10.0 Å². The van der Waals surface area contributed by atoms with Gasteiger partial charge in [-0.2, -0.15) is 0 Å². The van der Waals surface area contributed by atoms with Crippen molar-refractivity contribution in [2.75, 3.05) is 11.1 Å². The third-order valence-corrected chi connectivity index (χ3v) is 6.89. The predicted molar refractivity (Wildman–Crippen MR) is 139 cm³/mol. The zero-order valence-corrected chi connectivity index (χ0v) is 20.9. The number of nitrogens with one attached hydrogen (secondary N) is 1. The van der Waals surface area contributed by atoms with Crippen LogP contribution < -0.4 is 15.8 Å². The van der Waals surface area contributed by atoms with Crippen molar-refractivity contribution in [1.29, 1.82) is 0 Å². The van der Waals surface area contributed by atoms with E-state index in [1.807, 2.05) is 0 Å². The van der Waals surface area contributed by atoms with Crippen LogP contribution >= 0.6 is 34.5 Å². The van der Waals surface area contributed by atoms with Crippen molar-refractivity contribution in [3.63, 3.8) is 0 Å². The third kappa shape index (κ3) is 4.48. The average molecular weight is 543 g/mol. The fraction of sp³-hybridized carbons (Fsp3) is 0.0800. The topological polar surface area (TPSA) is 103 Å². The number of pyridine rings is 1. The molecule has 0 aliphatic heterocycles. The molecule has 1 amide bonds. The van der Waals surface area contributed by atoms with E-state index in [0.29, 0.717) is 21.7 Å². The molecule has 182 valence electrons. The molecule has 0 spiro atoms. The van der Waals surface area contributed by atoms with Gasteiger partial charge in [0.1, 0.15) is 11.9 Å². The number of amides is 1. The van der Waals surface area contributed by atoms with Crippen LogP contribution in [0.5, 0.6) is 5.75 Å². The summed E-state index contributed by atoms with van der Waals surface area (Å²) in [4.78, 5) is 20.7. The van der Waals surface area contributed by atoms with Gasteiger partial charge in [0.25, 0.3) is 5.91 Å². The molecule has 1 atom stereocenters. The van der Waals surface area contributed by atoms with E-state index in [0.717, 1.165) is 11.1 Å². The second-order valence-electron chi connectivity index (χ2n) is 7.75. The molecule has 0 saturated carbocycles. The van der Waals surface area contributed by atoms with Crippen molar-refractivity contribution >= 4 is 62.4 Å². The monoisotopic (exact) mass is 542 g/mol. The van der Waals surface area contributed by atoms with E-state index in [-0.39, 0.29) is 33.1 Å². The summed E-state index contributed by atoms with van der Waals surface area (Å²) in [5.41, 5.74) is 8.73. The number of hydrogen-bond acceptors (Lipinski definition) is 7. The molecule has 3 N–H and O–H groups in total. The van der Waals surface area contributed by atoms with E-state index in [4.69, 9.17) is 38.1 Å². The average Bonchev–Trinajstić information content (AvgIpc) is 3.54. The quantitative estimate of drug-likeness (QED) is 0.217. The summed E-state index contributed by atoms with van der Waals surface area (Å²) in [6, 6.07) is 9.60. The first-order valence-electron chi connectivity index (χ1n) is 10.6. The van der Waals surface area contributed by atoms with Gasteiger partial charge in [0.05, 0.1) is 16.7 Å². The van der Waals surface area contributed by atoms with Crippen LogP contribution in [-0.4, -0.2) is 15.9 Å². The van der Waals surface area contributed by atoms with Crippen molar-refractivity contribution < 1.29 is 18.3 Å². The lowest BCUT2D eigenvalue weighted by atomic mass is 10.0. The van der Waals surface area contributed by atoms with E-state index >= 15 is 0 Å². The Morgan fingerprint density at radius 2 is 1.97 bits per heavy atom. The molecule has 0 saturated heterocycles. The molecule has 0 radical (unpaired) electrons. The lowest BCUT2D eigenvalue weighted by Gasteiger charge is -2.18. The summed E-state index contributed by atoms with van der Waals surface area (Å²) in [5, 5.41) is 5.82. The molecule has 0 fully saturated rings. The fourth-order valence-corrected chi connectivity index (χ4v) is 4.93. The first-order valence-corrected chi connectivity index (χ1v) is 12.2. The van der Waals surface area contributed by atoms with Gasteiger partial charge in [-0.3, -0.25) is 10.1 Å².